The summed E-state index contributed by atoms with van der Waals surface area (Å²) in [5, 5.41) is 2.74. The van der Waals surface area contributed by atoms with Crippen LogP contribution in [0.15, 0.2) is 24.3 Å². The number of anilines is 1. The van der Waals surface area contributed by atoms with Crippen LogP contribution in [0.1, 0.15) is 37.6 Å². The summed E-state index contributed by atoms with van der Waals surface area (Å²) in [4.78, 5) is 26.0. The molecule has 1 aliphatic heterocycles. The van der Waals surface area contributed by atoms with E-state index in [0.717, 1.165) is 19.6 Å². The lowest BCUT2D eigenvalue weighted by Crippen LogP contribution is -2.45. The van der Waals surface area contributed by atoms with Crippen LogP contribution in [0.2, 0.25) is 0 Å². The van der Waals surface area contributed by atoms with Crippen molar-refractivity contribution in [1.82, 2.24) is 4.90 Å². The van der Waals surface area contributed by atoms with Gasteiger partial charge >= 0.3 is 5.97 Å². The Morgan fingerprint density at radius 3 is 2.92 bits per heavy atom. The number of hydrogen-bond donors (Lipinski definition) is 1. The van der Waals surface area contributed by atoms with Crippen molar-refractivity contribution in [3.8, 4) is 0 Å². The molecule has 6 nitrogen and oxygen atoms in total. The van der Waals surface area contributed by atoms with Crippen LogP contribution in [-0.2, 0) is 14.3 Å². The molecule has 1 fully saturated rings. The highest BCUT2D eigenvalue weighted by atomic mass is 16.6. The normalized spacial score (nSPS) is 18.2. The Morgan fingerprint density at radius 1 is 1.40 bits per heavy atom. The number of esters is 1. The highest BCUT2D eigenvalue weighted by molar-refractivity contribution is 5.94. The topological polar surface area (TPSA) is 67.9 Å². The van der Waals surface area contributed by atoms with Crippen LogP contribution in [0.3, 0.4) is 0 Å². The smallest absolute Gasteiger partial charge is 0.338 e. The number of amides is 1. The summed E-state index contributed by atoms with van der Waals surface area (Å²) in [6, 6.07) is 6.78. The number of nitrogens with one attached hydrogen (secondary N) is 1. The lowest BCUT2D eigenvalue weighted by molar-refractivity contribution is -0.115. The van der Waals surface area contributed by atoms with Crippen LogP contribution in [-0.4, -0.2) is 55.7 Å². The Morgan fingerprint density at radius 2 is 2.20 bits per heavy atom. The molecule has 1 aromatic carbocycles. The quantitative estimate of drug-likeness (QED) is 0.767. The first-order valence-electron chi connectivity index (χ1n) is 8.89. The first kappa shape index (κ1) is 19.4. The molecule has 25 heavy (non-hydrogen) atoms. The summed E-state index contributed by atoms with van der Waals surface area (Å²) in [6.07, 6.45) is 0.292. The summed E-state index contributed by atoms with van der Waals surface area (Å²) in [5.41, 5.74) is 1.02. The predicted molar refractivity (Wildman–Crippen MR) is 96.7 cm³/mol. The van der Waals surface area contributed by atoms with Gasteiger partial charge in [0.2, 0.25) is 5.91 Å². The minimum absolute atomic E-state index is 0.0913. The third-order valence-electron chi connectivity index (χ3n) is 3.95. The van der Waals surface area contributed by atoms with Crippen molar-refractivity contribution in [2.75, 3.05) is 38.2 Å². The van der Waals surface area contributed by atoms with Crippen LogP contribution in [0.5, 0.6) is 0 Å². The first-order chi connectivity index (χ1) is 12.0. The van der Waals surface area contributed by atoms with Crippen molar-refractivity contribution in [1.29, 1.82) is 0 Å². The van der Waals surface area contributed by atoms with E-state index in [0.29, 0.717) is 30.2 Å². The number of morpholine rings is 1. The number of hydrogen-bond acceptors (Lipinski definition) is 5. The van der Waals surface area contributed by atoms with E-state index in [1.807, 2.05) is 0 Å². The fraction of sp³-hybridized carbons (Fsp3) is 0.579. The van der Waals surface area contributed by atoms with Crippen LogP contribution >= 0.6 is 0 Å². The molecule has 0 saturated carbocycles. The molecule has 0 spiro atoms. The second-order valence-corrected chi connectivity index (χ2v) is 6.73. The lowest BCUT2D eigenvalue weighted by atomic mass is 10.2. The average molecular weight is 348 g/mol. The maximum absolute atomic E-state index is 12.3. The van der Waals surface area contributed by atoms with Crippen LogP contribution in [0, 0.1) is 5.92 Å². The van der Waals surface area contributed by atoms with E-state index in [9.17, 15) is 9.59 Å². The van der Waals surface area contributed by atoms with Gasteiger partial charge in [-0.2, -0.15) is 0 Å². The monoisotopic (exact) mass is 348 g/mol. The SMILES string of the molecule is CCC(=O)Nc1cccc(C(=O)OCC2CN(CC(C)C)CCO2)c1. The number of ether oxygens (including phenoxy) is 2. The molecule has 1 aromatic rings. The molecular weight excluding hydrogens is 320 g/mol. The van der Waals surface area contributed by atoms with Gasteiger partial charge in [0.15, 0.2) is 0 Å². The van der Waals surface area contributed by atoms with Gasteiger partial charge in [-0.05, 0) is 24.1 Å². The van der Waals surface area contributed by atoms with E-state index in [1.165, 1.54) is 0 Å². The molecule has 1 aliphatic rings. The molecule has 138 valence electrons. The van der Waals surface area contributed by atoms with Crippen LogP contribution in [0.4, 0.5) is 5.69 Å². The van der Waals surface area contributed by atoms with Gasteiger partial charge in [-0.25, -0.2) is 4.79 Å². The van der Waals surface area contributed by atoms with Gasteiger partial charge in [-0.15, -0.1) is 0 Å². The molecule has 6 heteroatoms. The first-order valence-corrected chi connectivity index (χ1v) is 8.89. The zero-order chi connectivity index (χ0) is 18.2. The number of rotatable bonds is 7. The Bertz CT molecular complexity index is 589. The van der Waals surface area contributed by atoms with E-state index in [1.54, 1.807) is 31.2 Å². The molecule has 1 atom stereocenters. The number of carbonyl (C=O) groups excluding carboxylic acids is 2. The van der Waals surface area contributed by atoms with Crippen LogP contribution < -0.4 is 5.32 Å². The second-order valence-electron chi connectivity index (χ2n) is 6.73. The molecule has 0 aliphatic carbocycles. The minimum atomic E-state index is -0.405. The van der Waals surface area contributed by atoms with Crippen molar-refractivity contribution >= 4 is 17.6 Å². The zero-order valence-corrected chi connectivity index (χ0v) is 15.3. The summed E-state index contributed by atoms with van der Waals surface area (Å²) < 4.78 is 11.1. The van der Waals surface area contributed by atoms with E-state index < -0.39 is 5.97 Å². The van der Waals surface area contributed by atoms with E-state index >= 15 is 0 Å². The van der Waals surface area contributed by atoms with Gasteiger partial charge in [0.25, 0.3) is 0 Å². The molecule has 1 unspecified atom stereocenters. The van der Waals surface area contributed by atoms with Crippen molar-refractivity contribution in [3.63, 3.8) is 0 Å². The predicted octanol–water partition coefficient (Wildman–Crippen LogP) is 2.55. The largest absolute Gasteiger partial charge is 0.459 e. The summed E-state index contributed by atoms with van der Waals surface area (Å²) in [7, 11) is 0. The summed E-state index contributed by atoms with van der Waals surface area (Å²) in [5.74, 6) is 0.103. The van der Waals surface area contributed by atoms with Crippen molar-refractivity contribution in [2.45, 2.75) is 33.3 Å². The summed E-state index contributed by atoms with van der Waals surface area (Å²) >= 11 is 0. The highest BCUT2D eigenvalue weighted by Crippen LogP contribution is 2.13. The zero-order valence-electron chi connectivity index (χ0n) is 15.3. The fourth-order valence-electron chi connectivity index (χ4n) is 2.79. The van der Waals surface area contributed by atoms with Gasteiger partial charge in [0, 0.05) is 31.7 Å². The Labute approximate surface area is 149 Å². The van der Waals surface area contributed by atoms with E-state index in [-0.39, 0.29) is 18.6 Å². The highest BCUT2D eigenvalue weighted by Gasteiger charge is 2.22. The molecule has 0 bridgehead atoms. The molecular formula is C19H28N2O4. The molecule has 2 rings (SSSR count). The summed E-state index contributed by atoms with van der Waals surface area (Å²) in [6.45, 7) is 9.77. The maximum atomic E-state index is 12.3. The maximum Gasteiger partial charge on any atom is 0.338 e. The molecule has 1 N–H and O–H groups in total. The van der Waals surface area contributed by atoms with Crippen molar-refractivity contribution < 1.29 is 19.1 Å². The molecule has 1 amide bonds. The number of benzene rings is 1. The molecule has 0 aromatic heterocycles. The van der Waals surface area contributed by atoms with Crippen molar-refractivity contribution in [2.24, 2.45) is 5.92 Å². The van der Waals surface area contributed by atoms with Gasteiger partial charge in [0.1, 0.15) is 12.7 Å². The van der Waals surface area contributed by atoms with Gasteiger partial charge < -0.3 is 14.8 Å². The van der Waals surface area contributed by atoms with E-state index in [2.05, 4.69) is 24.1 Å². The Hall–Kier alpha value is -1.92. The van der Waals surface area contributed by atoms with E-state index in [4.69, 9.17) is 9.47 Å². The number of carbonyl (C=O) groups is 2. The Balaban J connectivity index is 1.85. The van der Waals surface area contributed by atoms with Crippen LogP contribution in [0.25, 0.3) is 0 Å². The number of nitrogens with zero attached hydrogens (tertiary/aromatic N) is 1. The molecule has 0 radical (unpaired) electrons. The molecule has 1 saturated heterocycles. The van der Waals surface area contributed by atoms with Gasteiger partial charge in [-0.3, -0.25) is 9.69 Å². The Kier molecular flexibility index (Phi) is 7.40. The molecule has 1 heterocycles. The van der Waals surface area contributed by atoms with Gasteiger partial charge in [0.05, 0.1) is 12.2 Å². The third-order valence-corrected chi connectivity index (χ3v) is 3.95. The average Bonchev–Trinajstić information content (AvgIpc) is 2.59. The van der Waals surface area contributed by atoms with Gasteiger partial charge in [-0.1, -0.05) is 26.8 Å². The third kappa shape index (κ3) is 6.48. The standard InChI is InChI=1S/C19H28N2O4/c1-4-18(22)20-16-7-5-6-15(10-16)19(23)25-13-17-12-21(8-9-24-17)11-14(2)3/h5-7,10,14,17H,4,8-9,11-13H2,1-3H3,(H,20,22). The lowest BCUT2D eigenvalue weighted by Gasteiger charge is -2.33. The van der Waals surface area contributed by atoms with Crippen molar-refractivity contribution in [3.05, 3.63) is 29.8 Å². The fourth-order valence-corrected chi connectivity index (χ4v) is 2.79. The minimum Gasteiger partial charge on any atom is -0.459 e. The second kappa shape index (κ2) is 9.53.